The van der Waals surface area contributed by atoms with Crippen LogP contribution in [0.1, 0.15) is 47.8 Å². The molecule has 1 saturated carbocycles. The number of carboxylic acids is 2. The summed E-state index contributed by atoms with van der Waals surface area (Å²) >= 11 is 7.49. The SMILES string of the molecule is CCc1nc2ccc(/C=C3\SC(=Nc4cc(NC(=O)C5CCC5)ccc4Cl)NC3=O)cc2cc1C(=O)O.O=C(O)C(F)(F)F. The summed E-state index contributed by atoms with van der Waals surface area (Å²) in [6, 6.07) is 12.1. The quantitative estimate of drug-likeness (QED) is 0.223. The number of amidine groups is 1. The normalized spacial score (nSPS) is 16.7. The van der Waals surface area contributed by atoms with E-state index in [-0.39, 0.29) is 23.3 Å². The number of carbonyl (C=O) groups is 4. The number of amides is 2. The van der Waals surface area contributed by atoms with Crippen LogP contribution in [0.25, 0.3) is 17.0 Å². The Bertz CT molecular complexity index is 1720. The second-order valence-electron chi connectivity index (χ2n) is 9.66. The average molecular weight is 649 g/mol. The first-order valence-corrected chi connectivity index (χ1v) is 14.3. The Morgan fingerprint density at radius 3 is 2.45 bits per heavy atom. The molecule has 0 spiro atoms. The summed E-state index contributed by atoms with van der Waals surface area (Å²) in [5.74, 6) is -4.04. The minimum absolute atomic E-state index is 0.00656. The number of aliphatic carboxylic acids is 1. The van der Waals surface area contributed by atoms with E-state index in [1.165, 1.54) is 11.8 Å². The molecule has 5 rings (SSSR count). The zero-order valence-corrected chi connectivity index (χ0v) is 24.4. The van der Waals surface area contributed by atoms with Crippen molar-refractivity contribution in [3.8, 4) is 0 Å². The number of hydrogen-bond acceptors (Lipinski definition) is 7. The second kappa shape index (κ2) is 13.5. The van der Waals surface area contributed by atoms with Gasteiger partial charge in [0.25, 0.3) is 5.91 Å². The number of benzene rings is 2. The van der Waals surface area contributed by atoms with E-state index in [4.69, 9.17) is 21.5 Å². The van der Waals surface area contributed by atoms with Gasteiger partial charge in [0.1, 0.15) is 0 Å². The molecule has 0 atom stereocenters. The van der Waals surface area contributed by atoms with Gasteiger partial charge in [-0.05, 0) is 79.1 Å². The van der Waals surface area contributed by atoms with Gasteiger partial charge < -0.3 is 20.8 Å². The lowest BCUT2D eigenvalue weighted by Crippen LogP contribution is -2.27. The van der Waals surface area contributed by atoms with Gasteiger partial charge in [0.2, 0.25) is 5.91 Å². The van der Waals surface area contributed by atoms with E-state index in [2.05, 4.69) is 20.6 Å². The summed E-state index contributed by atoms with van der Waals surface area (Å²) in [5.41, 5.74) is 3.15. The molecular weight excluding hydrogens is 625 g/mol. The number of carbonyl (C=O) groups excluding carboxylic acids is 2. The molecule has 1 saturated heterocycles. The molecule has 10 nitrogen and oxygen atoms in total. The number of fused-ring (bicyclic) bond motifs is 1. The fourth-order valence-electron chi connectivity index (χ4n) is 4.11. The molecule has 3 aromatic rings. The highest BCUT2D eigenvalue weighted by Crippen LogP contribution is 2.34. The van der Waals surface area contributed by atoms with Gasteiger partial charge in [0, 0.05) is 17.0 Å². The third-order valence-electron chi connectivity index (χ3n) is 6.59. The van der Waals surface area contributed by atoms with Crippen LogP contribution in [0.5, 0.6) is 0 Å². The molecule has 44 heavy (non-hydrogen) atoms. The average Bonchev–Trinajstić information content (AvgIpc) is 3.26. The van der Waals surface area contributed by atoms with Crippen LogP contribution in [0.3, 0.4) is 0 Å². The van der Waals surface area contributed by atoms with E-state index in [1.807, 2.05) is 19.1 Å². The highest BCUT2D eigenvalue weighted by Gasteiger charge is 2.38. The Labute approximate surface area is 257 Å². The van der Waals surface area contributed by atoms with E-state index in [0.717, 1.165) is 24.8 Å². The predicted octanol–water partition coefficient (Wildman–Crippen LogP) is 6.41. The predicted molar refractivity (Wildman–Crippen MR) is 160 cm³/mol. The number of aliphatic imine (C=N–C) groups is 1. The lowest BCUT2D eigenvalue weighted by atomic mass is 9.85. The molecule has 2 fully saturated rings. The number of carboxylic acid groups (broad SMARTS) is 2. The van der Waals surface area contributed by atoms with Crippen molar-refractivity contribution >= 4 is 80.6 Å². The number of hydrogen-bond donors (Lipinski definition) is 4. The molecule has 0 radical (unpaired) electrons. The monoisotopic (exact) mass is 648 g/mol. The number of nitrogens with zero attached hydrogens (tertiary/aromatic N) is 2. The Morgan fingerprint density at radius 1 is 1.16 bits per heavy atom. The molecule has 1 aliphatic heterocycles. The minimum atomic E-state index is -5.08. The van der Waals surface area contributed by atoms with Crippen LogP contribution in [0.4, 0.5) is 24.5 Å². The van der Waals surface area contributed by atoms with Crippen molar-refractivity contribution < 1.29 is 42.6 Å². The topological polar surface area (TPSA) is 158 Å². The minimum Gasteiger partial charge on any atom is -0.478 e. The van der Waals surface area contributed by atoms with Crippen LogP contribution in [0.2, 0.25) is 5.02 Å². The fourth-order valence-corrected chi connectivity index (χ4v) is 5.11. The first kappa shape index (κ1) is 32.5. The molecule has 2 aliphatic rings. The van der Waals surface area contributed by atoms with E-state index in [0.29, 0.717) is 49.5 Å². The molecule has 230 valence electrons. The van der Waals surface area contributed by atoms with Crippen LogP contribution in [-0.4, -0.2) is 50.3 Å². The van der Waals surface area contributed by atoms with Gasteiger partial charge in [-0.2, -0.15) is 13.2 Å². The number of nitrogens with one attached hydrogen (secondary N) is 2. The second-order valence-corrected chi connectivity index (χ2v) is 11.1. The number of aryl methyl sites for hydroxylation is 1. The molecule has 0 unspecified atom stereocenters. The number of halogens is 4. The van der Waals surface area contributed by atoms with Crippen molar-refractivity contribution in [3.05, 3.63) is 69.2 Å². The summed E-state index contributed by atoms with van der Waals surface area (Å²) in [6.45, 7) is 1.86. The molecule has 0 bridgehead atoms. The maximum atomic E-state index is 12.6. The van der Waals surface area contributed by atoms with E-state index < -0.39 is 18.1 Å². The van der Waals surface area contributed by atoms with Crippen LogP contribution < -0.4 is 10.6 Å². The van der Waals surface area contributed by atoms with Gasteiger partial charge >= 0.3 is 18.1 Å². The van der Waals surface area contributed by atoms with Gasteiger partial charge in [-0.1, -0.05) is 31.0 Å². The number of thioether (sulfide) groups is 1. The summed E-state index contributed by atoms with van der Waals surface area (Å²) in [7, 11) is 0. The van der Waals surface area contributed by atoms with Crippen LogP contribution in [0.15, 0.2) is 52.4 Å². The molecule has 2 aromatic carbocycles. The van der Waals surface area contributed by atoms with Gasteiger partial charge in [0.15, 0.2) is 5.17 Å². The maximum Gasteiger partial charge on any atom is 0.490 e. The maximum absolute atomic E-state index is 12.6. The third kappa shape index (κ3) is 7.94. The summed E-state index contributed by atoms with van der Waals surface area (Å²) < 4.78 is 31.7. The highest BCUT2D eigenvalue weighted by atomic mass is 35.5. The molecular formula is C29H24ClF3N4O6S. The van der Waals surface area contributed by atoms with Crippen molar-refractivity contribution in [3.63, 3.8) is 0 Å². The first-order valence-electron chi connectivity index (χ1n) is 13.1. The van der Waals surface area contributed by atoms with E-state index in [9.17, 15) is 32.7 Å². The molecule has 1 aromatic heterocycles. The number of pyridine rings is 1. The smallest absolute Gasteiger partial charge is 0.478 e. The fraction of sp³-hybridized carbons (Fsp3) is 0.241. The van der Waals surface area contributed by atoms with Crippen LogP contribution in [0, 0.1) is 5.92 Å². The number of aromatic nitrogens is 1. The van der Waals surface area contributed by atoms with Gasteiger partial charge in [0.05, 0.1) is 32.4 Å². The number of aromatic carboxylic acids is 1. The van der Waals surface area contributed by atoms with Crippen molar-refractivity contribution in [2.24, 2.45) is 10.9 Å². The Hall–Kier alpha value is -4.43. The van der Waals surface area contributed by atoms with Crippen LogP contribution >= 0.6 is 23.4 Å². The highest BCUT2D eigenvalue weighted by molar-refractivity contribution is 8.18. The van der Waals surface area contributed by atoms with Gasteiger partial charge in [-0.25, -0.2) is 14.6 Å². The zero-order valence-electron chi connectivity index (χ0n) is 22.9. The van der Waals surface area contributed by atoms with Crippen molar-refractivity contribution in [2.75, 3.05) is 5.32 Å². The number of rotatable bonds is 6. The van der Waals surface area contributed by atoms with Crippen molar-refractivity contribution in [2.45, 2.75) is 38.8 Å². The number of anilines is 1. The molecule has 1 aliphatic carbocycles. The van der Waals surface area contributed by atoms with Gasteiger partial charge in [-0.3, -0.25) is 14.6 Å². The van der Waals surface area contributed by atoms with Crippen LogP contribution in [-0.2, 0) is 20.8 Å². The standard InChI is InChI=1S/C27H23ClN4O4S.C2HF3O2/c1-2-20-18(26(35)36)12-16-10-14(6-9-21(16)30-20)11-23-25(34)32-27(37-23)31-22-13-17(7-8-19(22)28)29-24(33)15-4-3-5-15;3-2(4,5)1(6)7/h6-13,15H,2-5H2,1H3,(H,29,33)(H,35,36)(H,31,32,34);(H,6,7)/b23-11-;. The van der Waals surface area contributed by atoms with Crippen molar-refractivity contribution in [1.29, 1.82) is 0 Å². The Kier molecular flexibility index (Phi) is 9.95. The van der Waals surface area contributed by atoms with Crippen molar-refractivity contribution in [1.82, 2.24) is 10.3 Å². The lowest BCUT2D eigenvalue weighted by molar-refractivity contribution is -0.192. The first-order chi connectivity index (χ1) is 20.7. The Balaban J connectivity index is 0.000000566. The largest absolute Gasteiger partial charge is 0.490 e. The third-order valence-corrected chi connectivity index (χ3v) is 7.82. The summed E-state index contributed by atoms with van der Waals surface area (Å²) in [4.78, 5) is 54.8. The van der Waals surface area contributed by atoms with E-state index >= 15 is 0 Å². The number of alkyl halides is 3. The molecule has 15 heteroatoms. The van der Waals surface area contributed by atoms with E-state index in [1.54, 1.807) is 36.4 Å². The summed E-state index contributed by atoms with van der Waals surface area (Å²) in [6.07, 6.45) is 0.0277. The summed E-state index contributed by atoms with van der Waals surface area (Å²) in [5, 5.41) is 23.7. The van der Waals surface area contributed by atoms with Gasteiger partial charge in [-0.15, -0.1) is 0 Å². The lowest BCUT2D eigenvalue weighted by Gasteiger charge is -2.24. The Morgan fingerprint density at radius 2 is 1.86 bits per heavy atom. The molecule has 4 N–H and O–H groups in total. The zero-order chi connectivity index (χ0) is 32.2. The molecule has 2 heterocycles. The molecule has 2 amide bonds.